The van der Waals surface area contributed by atoms with Gasteiger partial charge in [0.15, 0.2) is 5.54 Å². The van der Waals surface area contributed by atoms with Crippen molar-refractivity contribution >= 4 is 11.9 Å². The number of unbranched alkanes of at least 4 members (excludes halogenated alkanes) is 1. The largest absolute Gasteiger partial charge is 0.494 e. The van der Waals surface area contributed by atoms with Crippen LogP contribution in [0.15, 0.2) is 24.3 Å². The normalized spacial score (nSPS) is 13.2. The summed E-state index contributed by atoms with van der Waals surface area (Å²) in [5, 5.41) is 11.7. The Labute approximate surface area is 130 Å². The van der Waals surface area contributed by atoms with E-state index in [1.165, 1.54) is 14.0 Å². The monoisotopic (exact) mass is 309 g/mol. The molecule has 22 heavy (non-hydrogen) atoms. The number of nitrogens with one attached hydrogen (secondary N) is 1. The Balaban J connectivity index is 2.70. The first-order valence-corrected chi connectivity index (χ1v) is 7.20. The molecular formula is C16H23NO5. The van der Waals surface area contributed by atoms with Gasteiger partial charge < -0.3 is 19.9 Å². The summed E-state index contributed by atoms with van der Waals surface area (Å²) in [6, 6.07) is 6.59. The molecule has 6 nitrogen and oxygen atoms in total. The van der Waals surface area contributed by atoms with Crippen molar-refractivity contribution in [2.24, 2.45) is 0 Å². The van der Waals surface area contributed by atoms with Crippen LogP contribution >= 0.6 is 0 Å². The molecular weight excluding hydrogens is 286 g/mol. The summed E-state index contributed by atoms with van der Waals surface area (Å²) >= 11 is 0. The molecule has 1 atom stereocenters. The number of carboxylic acid groups (broad SMARTS) is 1. The van der Waals surface area contributed by atoms with Crippen molar-refractivity contribution in [1.29, 1.82) is 0 Å². The number of carbonyl (C=O) groups excluding carboxylic acids is 1. The third-order valence-electron chi connectivity index (χ3n) is 3.18. The number of hydrogen-bond acceptors (Lipinski definition) is 4. The second-order valence-corrected chi connectivity index (χ2v) is 5.25. The Kier molecular flexibility index (Phi) is 6.85. The summed E-state index contributed by atoms with van der Waals surface area (Å²) in [7, 11) is 1.38. The van der Waals surface area contributed by atoms with Crippen LogP contribution in [0.3, 0.4) is 0 Å². The molecule has 0 aliphatic rings. The first-order valence-electron chi connectivity index (χ1n) is 7.20. The van der Waals surface area contributed by atoms with E-state index in [1.54, 1.807) is 24.3 Å². The number of ether oxygens (including phenoxy) is 2. The highest BCUT2D eigenvalue weighted by atomic mass is 16.5. The number of rotatable bonds is 9. The summed E-state index contributed by atoms with van der Waals surface area (Å²) in [4.78, 5) is 23.4. The lowest BCUT2D eigenvalue weighted by atomic mass is 10.0. The molecule has 0 bridgehead atoms. The molecule has 122 valence electrons. The molecule has 0 spiro atoms. The van der Waals surface area contributed by atoms with Crippen LogP contribution < -0.4 is 10.1 Å². The quantitative estimate of drug-likeness (QED) is 0.682. The lowest BCUT2D eigenvalue weighted by Crippen LogP contribution is -2.55. The highest BCUT2D eigenvalue weighted by Crippen LogP contribution is 2.14. The van der Waals surface area contributed by atoms with E-state index in [1.807, 2.05) is 0 Å². The first-order chi connectivity index (χ1) is 10.4. The third-order valence-corrected chi connectivity index (χ3v) is 3.18. The predicted molar refractivity (Wildman–Crippen MR) is 82.2 cm³/mol. The van der Waals surface area contributed by atoms with Crippen molar-refractivity contribution in [3.8, 4) is 5.75 Å². The summed E-state index contributed by atoms with van der Waals surface area (Å²) in [6.07, 6.45) is 2.02. The Morgan fingerprint density at radius 2 is 1.91 bits per heavy atom. The van der Waals surface area contributed by atoms with Gasteiger partial charge in [0.05, 0.1) is 13.2 Å². The minimum Gasteiger partial charge on any atom is -0.494 e. The lowest BCUT2D eigenvalue weighted by molar-refractivity contribution is -0.145. The van der Waals surface area contributed by atoms with E-state index in [4.69, 9.17) is 9.47 Å². The number of carbonyl (C=O) groups is 2. The van der Waals surface area contributed by atoms with E-state index in [0.717, 1.165) is 12.8 Å². The number of amides is 1. The fourth-order valence-electron chi connectivity index (χ4n) is 1.80. The van der Waals surface area contributed by atoms with Gasteiger partial charge in [-0.05, 0) is 37.6 Å². The molecule has 0 saturated heterocycles. The van der Waals surface area contributed by atoms with Crippen molar-refractivity contribution in [2.45, 2.75) is 32.2 Å². The summed E-state index contributed by atoms with van der Waals surface area (Å²) in [5.74, 6) is -0.938. The van der Waals surface area contributed by atoms with Crippen LogP contribution in [0.1, 0.15) is 37.0 Å². The molecule has 0 saturated carbocycles. The fourth-order valence-corrected chi connectivity index (χ4v) is 1.80. The lowest BCUT2D eigenvalue weighted by Gasteiger charge is -2.25. The highest BCUT2D eigenvalue weighted by Gasteiger charge is 2.35. The van der Waals surface area contributed by atoms with Crippen LogP contribution in [0, 0.1) is 0 Å². The van der Waals surface area contributed by atoms with Crippen molar-refractivity contribution in [1.82, 2.24) is 5.32 Å². The molecule has 1 rings (SSSR count). The molecule has 0 radical (unpaired) electrons. The first kappa shape index (κ1) is 18.0. The molecule has 1 aromatic rings. The van der Waals surface area contributed by atoms with Crippen LogP contribution in [0.25, 0.3) is 0 Å². The maximum absolute atomic E-state index is 12.1. The predicted octanol–water partition coefficient (Wildman–Crippen LogP) is 2.08. The van der Waals surface area contributed by atoms with Gasteiger partial charge in [0.25, 0.3) is 5.91 Å². The van der Waals surface area contributed by atoms with E-state index in [9.17, 15) is 14.7 Å². The number of benzene rings is 1. The molecule has 1 aromatic carbocycles. The van der Waals surface area contributed by atoms with Gasteiger partial charge in [-0.1, -0.05) is 13.3 Å². The molecule has 0 aliphatic heterocycles. The Hall–Kier alpha value is -2.08. The maximum atomic E-state index is 12.1. The second kappa shape index (κ2) is 8.38. The molecule has 0 fully saturated rings. The van der Waals surface area contributed by atoms with Crippen LogP contribution in [0.2, 0.25) is 0 Å². The molecule has 0 aliphatic carbocycles. The maximum Gasteiger partial charge on any atom is 0.331 e. The average Bonchev–Trinajstić information content (AvgIpc) is 2.48. The molecule has 0 heterocycles. The van der Waals surface area contributed by atoms with Crippen molar-refractivity contribution in [3.05, 3.63) is 29.8 Å². The summed E-state index contributed by atoms with van der Waals surface area (Å²) < 4.78 is 10.4. The Bertz CT molecular complexity index is 500. The van der Waals surface area contributed by atoms with E-state index >= 15 is 0 Å². The zero-order valence-electron chi connectivity index (χ0n) is 13.2. The van der Waals surface area contributed by atoms with Crippen LogP contribution in [0.4, 0.5) is 0 Å². The standard InChI is InChI=1S/C16H23NO5/c1-4-5-10-22-13-8-6-12(7-9-13)14(18)17-16(2,11-21-3)15(19)20/h6-9H,4-5,10-11H2,1-3H3,(H,17,18)(H,19,20). The van der Waals surface area contributed by atoms with Gasteiger partial charge >= 0.3 is 5.97 Å². The van der Waals surface area contributed by atoms with Gasteiger partial charge in [-0.3, -0.25) is 4.79 Å². The van der Waals surface area contributed by atoms with Crippen molar-refractivity contribution < 1.29 is 24.2 Å². The van der Waals surface area contributed by atoms with Crippen LogP contribution in [0.5, 0.6) is 5.75 Å². The number of methoxy groups -OCH3 is 1. The van der Waals surface area contributed by atoms with E-state index in [-0.39, 0.29) is 6.61 Å². The molecule has 1 unspecified atom stereocenters. The minimum atomic E-state index is -1.47. The van der Waals surface area contributed by atoms with Crippen molar-refractivity contribution in [3.63, 3.8) is 0 Å². The molecule has 1 amide bonds. The Morgan fingerprint density at radius 1 is 1.27 bits per heavy atom. The van der Waals surface area contributed by atoms with Gasteiger partial charge in [-0.2, -0.15) is 0 Å². The van der Waals surface area contributed by atoms with Gasteiger partial charge in [-0.25, -0.2) is 4.79 Å². The molecule has 6 heteroatoms. The van der Waals surface area contributed by atoms with Crippen molar-refractivity contribution in [2.75, 3.05) is 20.3 Å². The summed E-state index contributed by atoms with van der Waals surface area (Å²) in [5.41, 5.74) is -1.10. The van der Waals surface area contributed by atoms with E-state index < -0.39 is 17.4 Å². The summed E-state index contributed by atoms with van der Waals surface area (Å²) in [6.45, 7) is 3.99. The zero-order valence-corrected chi connectivity index (χ0v) is 13.2. The highest BCUT2D eigenvalue weighted by molar-refractivity contribution is 5.97. The third kappa shape index (κ3) is 5.04. The van der Waals surface area contributed by atoms with Crippen LogP contribution in [-0.4, -0.2) is 42.8 Å². The fraction of sp³-hybridized carbons (Fsp3) is 0.500. The number of hydrogen-bond donors (Lipinski definition) is 2. The van der Waals surface area contributed by atoms with Gasteiger partial charge in [-0.15, -0.1) is 0 Å². The average molecular weight is 309 g/mol. The topological polar surface area (TPSA) is 84.9 Å². The van der Waals surface area contributed by atoms with Gasteiger partial charge in [0, 0.05) is 12.7 Å². The SMILES string of the molecule is CCCCOc1ccc(C(=O)NC(C)(COC)C(=O)O)cc1. The molecule has 0 aromatic heterocycles. The second-order valence-electron chi connectivity index (χ2n) is 5.25. The minimum absolute atomic E-state index is 0.119. The van der Waals surface area contributed by atoms with E-state index in [0.29, 0.717) is 17.9 Å². The Morgan fingerprint density at radius 3 is 2.41 bits per heavy atom. The van der Waals surface area contributed by atoms with E-state index in [2.05, 4.69) is 12.2 Å². The molecule has 2 N–H and O–H groups in total. The van der Waals surface area contributed by atoms with Gasteiger partial charge in [0.1, 0.15) is 5.75 Å². The number of carboxylic acids is 1. The van der Waals surface area contributed by atoms with Crippen LogP contribution in [-0.2, 0) is 9.53 Å². The van der Waals surface area contributed by atoms with Gasteiger partial charge in [0.2, 0.25) is 0 Å². The zero-order chi connectivity index (χ0) is 16.6. The smallest absolute Gasteiger partial charge is 0.331 e. The number of aliphatic carboxylic acids is 1.